The second-order valence-corrected chi connectivity index (χ2v) is 16.1. The number of amides is 3. The van der Waals surface area contributed by atoms with Crippen LogP contribution >= 0.6 is 15.9 Å². The molecule has 6 rings (SSSR count). The van der Waals surface area contributed by atoms with Crippen molar-refractivity contribution >= 4 is 39.6 Å². The molecule has 4 fully saturated rings. The van der Waals surface area contributed by atoms with Crippen molar-refractivity contribution in [3.8, 4) is 0 Å². The molecule has 0 aliphatic carbocycles. The maximum absolute atomic E-state index is 15.1. The zero-order chi connectivity index (χ0) is 39.3. The first-order chi connectivity index (χ1) is 26.6. The molecule has 2 bridgehead atoms. The Morgan fingerprint density at radius 2 is 1.71 bits per heavy atom. The van der Waals surface area contributed by atoms with Gasteiger partial charge in [0.1, 0.15) is 17.7 Å². The van der Waals surface area contributed by atoms with Crippen molar-refractivity contribution in [2.75, 3.05) is 59.6 Å². The lowest BCUT2D eigenvalue weighted by Gasteiger charge is -2.40. The Morgan fingerprint density at radius 1 is 1.05 bits per heavy atom. The summed E-state index contributed by atoms with van der Waals surface area (Å²) >= 11 is 3.78. The molecule has 13 heteroatoms. The predicted molar refractivity (Wildman–Crippen MR) is 210 cm³/mol. The summed E-state index contributed by atoms with van der Waals surface area (Å²) in [5.41, 5.74) is -0.0388. The van der Waals surface area contributed by atoms with Gasteiger partial charge in [-0.1, -0.05) is 88.7 Å². The monoisotopic (exact) mass is 820 g/mol. The Balaban J connectivity index is 1.37. The number of hydrogen-bond acceptors (Lipinski definition) is 9. The quantitative estimate of drug-likeness (QED) is 0.144. The normalized spacial score (nSPS) is 27.5. The van der Waals surface area contributed by atoms with E-state index in [4.69, 9.17) is 14.2 Å². The summed E-state index contributed by atoms with van der Waals surface area (Å²) in [7, 11) is 1.69. The highest BCUT2D eigenvalue weighted by Crippen LogP contribution is 2.61. The summed E-state index contributed by atoms with van der Waals surface area (Å²) < 4.78 is 18.8. The molecule has 12 nitrogen and oxygen atoms in total. The minimum absolute atomic E-state index is 0.122. The third-order valence-electron chi connectivity index (χ3n) is 11.8. The van der Waals surface area contributed by atoms with E-state index >= 15 is 9.59 Å². The number of nitrogens with zero attached hydrogens (tertiary/aromatic N) is 4. The standard InChI is InChI=1S/C42H53BrN4O8/c1-5-7-18-33(49)44(4)28(3)36(30-16-12-9-13-17-30)54-41(52)34-35-39(50)47(32(27-48)29-14-10-8-11-15-29)38(42(35)26-31(43)37(34)55-42)40(51)46(19-6-2)21-20-45-22-24-53-25-23-45/h5-6,8-17,28,31-32,34-38,48H,1-2,7,18-27H2,3-4H3/t28-,31?,32+,34-,35+,36+,37-,38-,42+/m0/s1. The smallest absolute Gasteiger partial charge is 0.313 e. The maximum atomic E-state index is 15.1. The minimum Gasteiger partial charge on any atom is -0.455 e. The van der Waals surface area contributed by atoms with Crippen molar-refractivity contribution in [1.82, 2.24) is 19.6 Å². The number of esters is 1. The maximum Gasteiger partial charge on any atom is 0.313 e. The number of aliphatic hydroxyl groups is 1. The van der Waals surface area contributed by atoms with Crippen molar-refractivity contribution < 1.29 is 38.5 Å². The average molecular weight is 822 g/mol. The van der Waals surface area contributed by atoms with Crippen LogP contribution in [0.1, 0.15) is 49.5 Å². The molecular formula is C42H53BrN4O8. The van der Waals surface area contributed by atoms with Gasteiger partial charge in [-0.3, -0.25) is 24.1 Å². The highest BCUT2D eigenvalue weighted by molar-refractivity contribution is 9.09. The van der Waals surface area contributed by atoms with Gasteiger partial charge in [0, 0.05) is 51.0 Å². The van der Waals surface area contributed by atoms with Gasteiger partial charge in [0.25, 0.3) is 0 Å². The summed E-state index contributed by atoms with van der Waals surface area (Å²) in [5, 5.41) is 11.0. The van der Waals surface area contributed by atoms with E-state index in [-0.39, 0.29) is 29.6 Å². The van der Waals surface area contributed by atoms with Gasteiger partial charge in [-0.05, 0) is 30.9 Å². The van der Waals surface area contributed by atoms with Gasteiger partial charge in [-0.15, -0.1) is 13.2 Å². The number of aliphatic hydroxyl groups excluding tert-OH is 1. The van der Waals surface area contributed by atoms with Gasteiger partial charge in [0.2, 0.25) is 17.7 Å². The Hall–Kier alpha value is -3.88. The van der Waals surface area contributed by atoms with Crippen LogP contribution in [-0.4, -0.2) is 137 Å². The molecule has 1 N–H and O–H groups in total. The number of likely N-dealkylation sites (tertiary alicyclic amines) is 1. The van der Waals surface area contributed by atoms with Crippen LogP contribution in [0.15, 0.2) is 86.0 Å². The number of ether oxygens (including phenoxy) is 3. The number of alkyl halides is 1. The van der Waals surface area contributed by atoms with Crippen LogP contribution in [0.5, 0.6) is 0 Å². The van der Waals surface area contributed by atoms with E-state index in [0.29, 0.717) is 50.3 Å². The first-order valence-electron chi connectivity index (χ1n) is 19.2. The number of benzene rings is 2. The van der Waals surface area contributed by atoms with Crippen LogP contribution in [0.2, 0.25) is 0 Å². The summed E-state index contributed by atoms with van der Waals surface area (Å²) in [5.74, 6) is -3.67. The second kappa shape index (κ2) is 17.9. The summed E-state index contributed by atoms with van der Waals surface area (Å²) in [6, 6.07) is 15.8. The van der Waals surface area contributed by atoms with Crippen LogP contribution in [0, 0.1) is 11.8 Å². The van der Waals surface area contributed by atoms with Gasteiger partial charge < -0.3 is 34.0 Å². The van der Waals surface area contributed by atoms with Gasteiger partial charge in [-0.25, -0.2) is 0 Å². The molecule has 0 aromatic heterocycles. The molecule has 4 saturated heterocycles. The molecule has 0 saturated carbocycles. The fourth-order valence-electron chi connectivity index (χ4n) is 8.81. The van der Waals surface area contributed by atoms with Gasteiger partial charge in [0.05, 0.1) is 49.8 Å². The molecule has 4 heterocycles. The first-order valence-corrected chi connectivity index (χ1v) is 20.1. The molecule has 296 valence electrons. The lowest BCUT2D eigenvalue weighted by Crippen LogP contribution is -2.58. The SMILES string of the molecule is C=CCCC(=O)N(C)[C@@H](C)[C@@H](OC(=O)[C@@H]1[C@H]2O[C@@]3(CC2Br)[C@H](C(=O)N(CC=C)CCN2CCOCC2)N([C@H](CO)c2ccccc2)C(=O)[C@@H]13)c1ccccc1. The lowest BCUT2D eigenvalue weighted by atomic mass is 9.70. The third kappa shape index (κ3) is 8.04. The van der Waals surface area contributed by atoms with Crippen LogP contribution in [0.3, 0.4) is 0 Å². The van der Waals surface area contributed by atoms with Gasteiger partial charge in [0.15, 0.2) is 0 Å². The molecule has 2 aromatic carbocycles. The molecule has 1 unspecified atom stereocenters. The highest BCUT2D eigenvalue weighted by atomic mass is 79.9. The minimum atomic E-state index is -1.39. The topological polar surface area (TPSA) is 129 Å². The second-order valence-electron chi connectivity index (χ2n) is 14.9. The van der Waals surface area contributed by atoms with Crippen molar-refractivity contribution in [1.29, 1.82) is 0 Å². The Morgan fingerprint density at radius 3 is 2.33 bits per heavy atom. The molecule has 4 aliphatic heterocycles. The van der Waals surface area contributed by atoms with E-state index in [0.717, 1.165) is 13.1 Å². The van der Waals surface area contributed by atoms with E-state index in [1.165, 1.54) is 4.90 Å². The molecule has 2 aromatic rings. The fourth-order valence-corrected chi connectivity index (χ4v) is 9.75. The zero-order valence-corrected chi connectivity index (χ0v) is 33.3. The number of hydrogen-bond donors (Lipinski definition) is 1. The van der Waals surface area contributed by atoms with Crippen LogP contribution in [0.4, 0.5) is 0 Å². The van der Waals surface area contributed by atoms with E-state index in [2.05, 4.69) is 34.0 Å². The van der Waals surface area contributed by atoms with Gasteiger partial charge >= 0.3 is 5.97 Å². The predicted octanol–water partition coefficient (Wildman–Crippen LogP) is 3.91. The molecule has 0 radical (unpaired) electrons. The zero-order valence-electron chi connectivity index (χ0n) is 31.7. The summed E-state index contributed by atoms with van der Waals surface area (Å²) in [4.78, 5) is 64.7. The first kappa shape index (κ1) is 40.8. The molecule has 1 spiro atoms. The average Bonchev–Trinajstić information content (AvgIpc) is 3.81. The highest BCUT2D eigenvalue weighted by Gasteiger charge is 2.77. The van der Waals surface area contributed by atoms with E-state index < -0.39 is 66.3 Å². The largest absolute Gasteiger partial charge is 0.455 e. The molecule has 55 heavy (non-hydrogen) atoms. The Bertz CT molecular complexity index is 1690. The number of carbonyl (C=O) groups is 4. The number of carbonyl (C=O) groups excluding carboxylic acids is 4. The number of morpholine rings is 1. The van der Waals surface area contributed by atoms with Crippen molar-refractivity contribution in [3.63, 3.8) is 0 Å². The molecule has 3 amide bonds. The number of allylic oxidation sites excluding steroid dienone is 1. The summed E-state index contributed by atoms with van der Waals surface area (Å²) in [6.07, 6.45) is 2.79. The van der Waals surface area contributed by atoms with Crippen LogP contribution < -0.4 is 0 Å². The van der Waals surface area contributed by atoms with Crippen molar-refractivity contribution in [3.05, 3.63) is 97.1 Å². The van der Waals surface area contributed by atoms with Gasteiger partial charge in [-0.2, -0.15) is 0 Å². The van der Waals surface area contributed by atoms with Crippen LogP contribution in [0.25, 0.3) is 0 Å². The lowest BCUT2D eigenvalue weighted by molar-refractivity contribution is -0.165. The Kier molecular flexibility index (Phi) is 13.3. The van der Waals surface area contributed by atoms with E-state index in [1.807, 2.05) is 67.6 Å². The molecular weight excluding hydrogens is 768 g/mol. The number of fused-ring (bicyclic) bond motifs is 1. The number of rotatable bonds is 17. The number of likely N-dealkylation sites (N-methyl/N-ethyl adjacent to an activating group) is 1. The van der Waals surface area contributed by atoms with Crippen molar-refractivity contribution in [2.24, 2.45) is 11.8 Å². The fraction of sp³-hybridized carbons (Fsp3) is 0.524. The number of halogens is 1. The Labute approximate surface area is 332 Å². The molecule has 4 aliphatic rings. The van der Waals surface area contributed by atoms with Crippen molar-refractivity contribution in [2.45, 2.75) is 66.9 Å². The third-order valence-corrected chi connectivity index (χ3v) is 12.6. The van der Waals surface area contributed by atoms with E-state index in [1.54, 1.807) is 29.0 Å². The van der Waals surface area contributed by atoms with E-state index in [9.17, 15) is 14.7 Å². The summed E-state index contributed by atoms with van der Waals surface area (Å²) in [6.45, 7) is 13.0. The molecule has 9 atom stereocenters. The van der Waals surface area contributed by atoms with Crippen LogP contribution in [-0.2, 0) is 33.4 Å².